The first kappa shape index (κ1) is 25.1. The second kappa shape index (κ2) is 11.5. The molecule has 0 atom stereocenters. The summed E-state index contributed by atoms with van der Waals surface area (Å²) in [5.41, 5.74) is 5.57. The van der Waals surface area contributed by atoms with Crippen LogP contribution in [0.2, 0.25) is 0 Å². The number of hydrogen-bond donors (Lipinski definition) is 3. The number of hydrogen-bond acceptors (Lipinski definition) is 8. The third-order valence-electron chi connectivity index (χ3n) is 4.79. The molecule has 0 bridgehead atoms. The van der Waals surface area contributed by atoms with Crippen LogP contribution in [0.4, 0.5) is 0 Å². The number of phenolic OH excluding ortho intramolecular Hbond substituents is 1. The highest BCUT2D eigenvalue weighted by molar-refractivity contribution is 8.26. The molecule has 9 nitrogen and oxygen atoms in total. The van der Waals surface area contributed by atoms with Gasteiger partial charge in [-0.1, -0.05) is 36.1 Å². The van der Waals surface area contributed by atoms with Gasteiger partial charge in [-0.15, -0.1) is 0 Å². The van der Waals surface area contributed by atoms with E-state index in [-0.39, 0.29) is 30.2 Å². The van der Waals surface area contributed by atoms with Crippen LogP contribution in [0.3, 0.4) is 0 Å². The van der Waals surface area contributed by atoms with Crippen LogP contribution in [-0.4, -0.2) is 52.8 Å². The van der Waals surface area contributed by atoms with E-state index in [0.717, 1.165) is 5.56 Å². The zero-order valence-corrected chi connectivity index (χ0v) is 20.1. The summed E-state index contributed by atoms with van der Waals surface area (Å²) in [7, 11) is 3.08. The van der Waals surface area contributed by atoms with Crippen molar-refractivity contribution in [2.75, 3.05) is 20.8 Å². The van der Waals surface area contributed by atoms with Crippen molar-refractivity contribution in [2.45, 2.75) is 12.8 Å². The Morgan fingerprint density at radius 1 is 1.12 bits per heavy atom. The average Bonchev–Trinajstić information content (AvgIpc) is 3.09. The molecule has 1 saturated heterocycles. The van der Waals surface area contributed by atoms with Gasteiger partial charge in [-0.25, -0.2) is 0 Å². The van der Waals surface area contributed by atoms with Gasteiger partial charge in [-0.3, -0.25) is 30.1 Å². The Balaban J connectivity index is 1.50. The van der Waals surface area contributed by atoms with E-state index in [2.05, 4.69) is 10.9 Å². The average molecular weight is 502 g/mol. The molecule has 1 aliphatic heterocycles. The molecule has 11 heteroatoms. The summed E-state index contributed by atoms with van der Waals surface area (Å²) in [5, 5.41) is 9.42. The molecule has 0 unspecified atom stereocenters. The van der Waals surface area contributed by atoms with Gasteiger partial charge in [0.25, 0.3) is 11.8 Å². The van der Waals surface area contributed by atoms with E-state index in [9.17, 15) is 19.5 Å². The van der Waals surface area contributed by atoms with Crippen LogP contribution in [0.5, 0.6) is 17.2 Å². The molecule has 0 aromatic heterocycles. The fourth-order valence-electron chi connectivity index (χ4n) is 3.09. The van der Waals surface area contributed by atoms with Crippen LogP contribution >= 0.6 is 24.0 Å². The number of hydrazine groups is 1. The Bertz CT molecular complexity index is 1150. The fourth-order valence-corrected chi connectivity index (χ4v) is 4.40. The minimum Gasteiger partial charge on any atom is -0.508 e. The van der Waals surface area contributed by atoms with Crippen LogP contribution in [0.25, 0.3) is 6.08 Å². The number of ether oxygens (including phenoxy) is 2. The van der Waals surface area contributed by atoms with Gasteiger partial charge in [0.15, 0.2) is 11.5 Å². The predicted molar refractivity (Wildman–Crippen MR) is 132 cm³/mol. The monoisotopic (exact) mass is 501 g/mol. The van der Waals surface area contributed by atoms with Crippen LogP contribution in [0, 0.1) is 0 Å². The van der Waals surface area contributed by atoms with Crippen LogP contribution in [-0.2, 0) is 9.59 Å². The SMILES string of the molecule is COc1ccc(C=C2SC(=S)N(CCCC(=O)NNC(=O)c3cccc(O)c3)C2=O)cc1OC. The van der Waals surface area contributed by atoms with Crippen molar-refractivity contribution >= 4 is 52.1 Å². The number of nitrogens with zero attached hydrogens (tertiary/aromatic N) is 1. The molecule has 1 fully saturated rings. The van der Waals surface area contributed by atoms with Crippen LogP contribution < -0.4 is 20.3 Å². The van der Waals surface area contributed by atoms with Gasteiger partial charge in [0.2, 0.25) is 5.91 Å². The fraction of sp³-hybridized carbons (Fsp3) is 0.217. The second-order valence-electron chi connectivity index (χ2n) is 7.10. The van der Waals surface area contributed by atoms with Gasteiger partial charge < -0.3 is 14.6 Å². The maximum atomic E-state index is 12.8. The third-order valence-corrected chi connectivity index (χ3v) is 6.17. The number of phenols is 1. The zero-order valence-electron chi connectivity index (χ0n) is 18.5. The van der Waals surface area contributed by atoms with Crippen molar-refractivity contribution in [3.05, 3.63) is 58.5 Å². The van der Waals surface area contributed by atoms with E-state index in [1.807, 2.05) is 6.07 Å². The van der Waals surface area contributed by atoms with Crippen molar-refractivity contribution in [1.29, 1.82) is 0 Å². The molecule has 1 heterocycles. The lowest BCUT2D eigenvalue weighted by Gasteiger charge is -2.14. The van der Waals surface area contributed by atoms with Gasteiger partial charge in [-0.05, 0) is 48.4 Å². The smallest absolute Gasteiger partial charge is 0.269 e. The van der Waals surface area contributed by atoms with Gasteiger partial charge >= 0.3 is 0 Å². The number of nitrogens with one attached hydrogen (secondary N) is 2. The molecular weight excluding hydrogens is 478 g/mol. The highest BCUT2D eigenvalue weighted by Crippen LogP contribution is 2.34. The lowest BCUT2D eigenvalue weighted by Crippen LogP contribution is -2.41. The molecule has 0 spiro atoms. The number of thiocarbonyl (C=S) groups is 1. The molecule has 0 radical (unpaired) electrons. The summed E-state index contributed by atoms with van der Waals surface area (Å²) >= 11 is 6.52. The second-order valence-corrected chi connectivity index (χ2v) is 8.78. The van der Waals surface area contributed by atoms with Crippen LogP contribution in [0.1, 0.15) is 28.8 Å². The lowest BCUT2D eigenvalue weighted by atomic mass is 10.2. The molecule has 178 valence electrons. The number of carbonyl (C=O) groups excluding carboxylic acids is 3. The van der Waals surface area contributed by atoms with Gasteiger partial charge in [0.1, 0.15) is 10.1 Å². The first-order valence-electron chi connectivity index (χ1n) is 10.2. The lowest BCUT2D eigenvalue weighted by molar-refractivity contribution is -0.124. The third kappa shape index (κ3) is 6.27. The molecule has 1 aliphatic rings. The highest BCUT2D eigenvalue weighted by atomic mass is 32.2. The summed E-state index contributed by atoms with van der Waals surface area (Å²) in [6.45, 7) is 0.266. The largest absolute Gasteiger partial charge is 0.508 e. The zero-order chi connectivity index (χ0) is 24.7. The molecular formula is C23H23N3O6S2. The van der Waals surface area contributed by atoms with E-state index >= 15 is 0 Å². The van der Waals surface area contributed by atoms with Crippen molar-refractivity contribution in [3.8, 4) is 17.2 Å². The Morgan fingerprint density at radius 3 is 2.59 bits per heavy atom. The van der Waals surface area contributed by atoms with E-state index in [1.165, 1.54) is 48.0 Å². The number of benzene rings is 2. The van der Waals surface area contributed by atoms with E-state index in [0.29, 0.717) is 27.1 Å². The Hall–Kier alpha value is -3.57. The number of amides is 3. The first-order valence-corrected chi connectivity index (χ1v) is 11.4. The van der Waals surface area contributed by atoms with Gasteiger partial charge in [0, 0.05) is 18.5 Å². The van der Waals surface area contributed by atoms with Gasteiger partial charge in [0.05, 0.1) is 19.1 Å². The molecule has 2 aromatic rings. The Kier molecular flexibility index (Phi) is 8.50. The summed E-state index contributed by atoms with van der Waals surface area (Å²) in [5.74, 6) is -0.121. The maximum Gasteiger partial charge on any atom is 0.269 e. The normalized spacial score (nSPS) is 14.3. The van der Waals surface area contributed by atoms with Crippen molar-refractivity contribution in [3.63, 3.8) is 0 Å². The topological polar surface area (TPSA) is 117 Å². The molecule has 3 amide bonds. The number of thioether (sulfide) groups is 1. The van der Waals surface area contributed by atoms with Crippen molar-refractivity contribution < 1.29 is 29.0 Å². The van der Waals surface area contributed by atoms with Crippen molar-refractivity contribution in [1.82, 2.24) is 15.8 Å². The maximum absolute atomic E-state index is 12.8. The molecule has 2 aromatic carbocycles. The number of rotatable bonds is 8. The minimum atomic E-state index is -0.554. The van der Waals surface area contributed by atoms with E-state index in [4.69, 9.17) is 21.7 Å². The Labute approximate surface area is 206 Å². The molecule has 3 rings (SSSR count). The van der Waals surface area contributed by atoms with Crippen LogP contribution in [0.15, 0.2) is 47.4 Å². The number of carbonyl (C=O) groups is 3. The number of methoxy groups -OCH3 is 2. The Morgan fingerprint density at radius 2 is 1.88 bits per heavy atom. The summed E-state index contributed by atoms with van der Waals surface area (Å²) in [6.07, 6.45) is 2.15. The highest BCUT2D eigenvalue weighted by Gasteiger charge is 2.31. The standard InChI is InChI=1S/C23H23N3O6S2/c1-31-17-9-8-14(11-18(17)32-2)12-19-22(30)26(23(33)34-19)10-4-7-20(28)24-25-21(29)15-5-3-6-16(27)13-15/h3,5-6,8-9,11-13,27H,4,7,10H2,1-2H3,(H,24,28)(H,25,29). The predicted octanol–water partition coefficient (Wildman–Crippen LogP) is 2.85. The molecule has 0 aliphatic carbocycles. The summed E-state index contributed by atoms with van der Waals surface area (Å²) in [4.78, 5) is 38.8. The summed E-state index contributed by atoms with van der Waals surface area (Å²) in [6, 6.07) is 11.1. The molecule has 3 N–H and O–H groups in total. The molecule has 34 heavy (non-hydrogen) atoms. The first-order chi connectivity index (χ1) is 16.3. The number of aromatic hydroxyl groups is 1. The quantitative estimate of drug-likeness (QED) is 0.287. The van der Waals surface area contributed by atoms with Gasteiger partial charge in [-0.2, -0.15) is 0 Å². The van der Waals surface area contributed by atoms with E-state index in [1.54, 1.807) is 25.3 Å². The molecule has 0 saturated carbocycles. The minimum absolute atomic E-state index is 0.0531. The van der Waals surface area contributed by atoms with E-state index < -0.39 is 11.8 Å². The van der Waals surface area contributed by atoms with Crippen molar-refractivity contribution in [2.24, 2.45) is 0 Å². The summed E-state index contributed by atoms with van der Waals surface area (Å²) < 4.78 is 10.9.